The molecule has 0 radical (unpaired) electrons. The number of hydrogen-bond acceptors (Lipinski definition) is 4. The Balaban J connectivity index is 0.000000277. The van der Waals surface area contributed by atoms with Crippen LogP contribution in [-0.4, -0.2) is 36.2 Å². The summed E-state index contributed by atoms with van der Waals surface area (Å²) < 4.78 is 0. The van der Waals surface area contributed by atoms with Gasteiger partial charge in [0.2, 0.25) is 0 Å². The third-order valence-electron chi connectivity index (χ3n) is 4.26. The predicted molar refractivity (Wildman–Crippen MR) is 104 cm³/mol. The third kappa shape index (κ3) is 11.3. The fourth-order valence-corrected chi connectivity index (χ4v) is 2.88. The van der Waals surface area contributed by atoms with Crippen molar-refractivity contribution < 1.29 is 0 Å². The first kappa shape index (κ1) is 20.8. The Labute approximate surface area is 148 Å². The van der Waals surface area contributed by atoms with E-state index in [4.69, 9.17) is 0 Å². The van der Waals surface area contributed by atoms with Gasteiger partial charge in [-0.05, 0) is 53.4 Å². The Kier molecular flexibility index (Phi) is 11.4. The summed E-state index contributed by atoms with van der Waals surface area (Å²) in [6.07, 6.45) is 13.2. The molecule has 0 bridgehead atoms. The van der Waals surface area contributed by atoms with Gasteiger partial charge in [0.1, 0.15) is 0 Å². The summed E-state index contributed by atoms with van der Waals surface area (Å²) in [4.78, 5) is 16.8. The first-order chi connectivity index (χ1) is 11.6. The first-order valence-corrected chi connectivity index (χ1v) is 9.87. The van der Waals surface area contributed by atoms with E-state index in [1.54, 1.807) is 0 Å². The molecule has 0 aromatic rings. The van der Waals surface area contributed by atoms with Gasteiger partial charge in [-0.1, -0.05) is 38.5 Å². The normalized spacial score (nSPS) is 18.9. The summed E-state index contributed by atoms with van der Waals surface area (Å²) in [6.45, 7) is 8.01. The van der Waals surface area contributed by atoms with Gasteiger partial charge >= 0.3 is 0 Å². The van der Waals surface area contributed by atoms with Crippen molar-refractivity contribution in [1.82, 2.24) is 0 Å². The number of aliphatic imine (C=N–C) groups is 4. The van der Waals surface area contributed by atoms with Gasteiger partial charge in [0.15, 0.2) is 0 Å². The Morgan fingerprint density at radius 1 is 0.583 bits per heavy atom. The molecule has 2 saturated carbocycles. The van der Waals surface area contributed by atoms with Crippen molar-refractivity contribution in [2.45, 2.75) is 116 Å². The fraction of sp³-hybridized carbons (Fsp3) is 0.900. The Bertz CT molecular complexity index is 395. The summed E-state index contributed by atoms with van der Waals surface area (Å²) in [5.41, 5.74) is 0. The van der Waals surface area contributed by atoms with Crippen LogP contribution in [0.5, 0.6) is 0 Å². The second-order valence-electron chi connectivity index (χ2n) is 7.49. The average molecular weight is 333 g/mol. The van der Waals surface area contributed by atoms with E-state index in [0.29, 0.717) is 24.2 Å². The molecule has 2 fully saturated rings. The molecule has 2 aliphatic carbocycles. The zero-order valence-corrected chi connectivity index (χ0v) is 16.2. The quantitative estimate of drug-likeness (QED) is 0.584. The molecule has 2 rings (SSSR count). The molecule has 0 N–H and O–H groups in total. The highest BCUT2D eigenvalue weighted by atomic mass is 14.9. The summed E-state index contributed by atoms with van der Waals surface area (Å²) >= 11 is 0. The van der Waals surface area contributed by atoms with E-state index >= 15 is 0 Å². The molecule has 4 heteroatoms. The lowest BCUT2D eigenvalue weighted by Crippen LogP contribution is -2.10. The molecule has 2 aliphatic rings. The van der Waals surface area contributed by atoms with Crippen LogP contribution in [0.2, 0.25) is 0 Å². The van der Waals surface area contributed by atoms with E-state index in [2.05, 4.69) is 32.0 Å². The molecule has 0 heterocycles. The van der Waals surface area contributed by atoms with Crippen LogP contribution in [-0.2, 0) is 0 Å². The molecule has 0 amide bonds. The predicted octanol–water partition coefficient (Wildman–Crippen LogP) is 5.80. The second kappa shape index (κ2) is 13.1. The van der Waals surface area contributed by atoms with Crippen LogP contribution in [0.1, 0.15) is 91.9 Å². The average Bonchev–Trinajstić information content (AvgIpc) is 2.57. The minimum atomic E-state index is 0.312. The van der Waals surface area contributed by atoms with E-state index in [1.807, 2.05) is 27.7 Å². The topological polar surface area (TPSA) is 49.4 Å². The van der Waals surface area contributed by atoms with Gasteiger partial charge in [0.05, 0.1) is 36.2 Å². The van der Waals surface area contributed by atoms with E-state index in [0.717, 1.165) is 0 Å². The number of nitrogens with zero attached hydrogens (tertiary/aromatic N) is 4. The Morgan fingerprint density at radius 2 is 0.958 bits per heavy atom. The maximum atomic E-state index is 4.46. The molecule has 136 valence electrons. The second-order valence-corrected chi connectivity index (χ2v) is 7.49. The molecule has 0 saturated heterocycles. The van der Waals surface area contributed by atoms with Crippen molar-refractivity contribution >= 4 is 12.0 Å². The summed E-state index contributed by atoms with van der Waals surface area (Å²) in [5, 5.41) is 0. The van der Waals surface area contributed by atoms with Gasteiger partial charge in [0, 0.05) is 0 Å². The van der Waals surface area contributed by atoms with Crippen molar-refractivity contribution in [1.29, 1.82) is 0 Å². The molecule has 24 heavy (non-hydrogen) atoms. The largest absolute Gasteiger partial charge is 0.223 e. The van der Waals surface area contributed by atoms with Gasteiger partial charge in [-0.15, -0.1) is 0 Å². The molecule has 0 aromatic heterocycles. The monoisotopic (exact) mass is 332 g/mol. The molecule has 0 aromatic carbocycles. The molecule has 0 atom stereocenters. The smallest absolute Gasteiger partial charge is 0.0898 e. The van der Waals surface area contributed by atoms with Gasteiger partial charge < -0.3 is 0 Å². The van der Waals surface area contributed by atoms with Crippen LogP contribution in [0, 0.1) is 0 Å². The van der Waals surface area contributed by atoms with E-state index in [9.17, 15) is 0 Å². The van der Waals surface area contributed by atoms with Crippen LogP contribution in [0.3, 0.4) is 0 Å². The highest BCUT2D eigenvalue weighted by Gasteiger charge is 2.12. The van der Waals surface area contributed by atoms with Crippen molar-refractivity contribution in [2.75, 3.05) is 0 Å². The zero-order chi connectivity index (χ0) is 17.6. The van der Waals surface area contributed by atoms with Gasteiger partial charge in [-0.2, -0.15) is 0 Å². The highest BCUT2D eigenvalue weighted by molar-refractivity contribution is 5.42. The zero-order valence-electron chi connectivity index (χ0n) is 16.2. The van der Waals surface area contributed by atoms with Crippen LogP contribution >= 0.6 is 0 Å². The van der Waals surface area contributed by atoms with Crippen LogP contribution < -0.4 is 0 Å². The first-order valence-electron chi connectivity index (χ1n) is 9.87. The van der Waals surface area contributed by atoms with Crippen molar-refractivity contribution in [2.24, 2.45) is 20.0 Å². The van der Waals surface area contributed by atoms with Crippen molar-refractivity contribution in [3.63, 3.8) is 0 Å². The van der Waals surface area contributed by atoms with E-state index < -0.39 is 0 Å². The third-order valence-corrected chi connectivity index (χ3v) is 4.26. The number of rotatable bonds is 4. The fourth-order valence-electron chi connectivity index (χ4n) is 2.88. The molecular weight excluding hydrogens is 296 g/mol. The minimum absolute atomic E-state index is 0.312. The standard InChI is InChI=1S/C13H22N2.C7H14N2/c1-3-7-12(8-4-1)14-11-15-13-9-5-2-6-10-13;1-6(2)8-5-9-7(3)4/h12-13H,1-10H2;6-7H,1-4H3. The van der Waals surface area contributed by atoms with Gasteiger partial charge in [-0.25, -0.2) is 20.0 Å². The van der Waals surface area contributed by atoms with Crippen LogP contribution in [0.4, 0.5) is 0 Å². The Morgan fingerprint density at radius 3 is 1.29 bits per heavy atom. The summed E-state index contributed by atoms with van der Waals surface area (Å²) in [6, 6.07) is 7.30. The molecule has 0 spiro atoms. The van der Waals surface area contributed by atoms with Crippen molar-refractivity contribution in [3.8, 4) is 0 Å². The lowest BCUT2D eigenvalue weighted by Gasteiger charge is -2.17. The lowest BCUT2D eigenvalue weighted by molar-refractivity contribution is 0.438. The molecular formula is C20H36N4. The van der Waals surface area contributed by atoms with E-state index in [-0.39, 0.29) is 0 Å². The maximum Gasteiger partial charge on any atom is 0.0898 e. The molecule has 0 aliphatic heterocycles. The summed E-state index contributed by atoms with van der Waals surface area (Å²) in [5.74, 6) is 0. The summed E-state index contributed by atoms with van der Waals surface area (Å²) in [7, 11) is 0. The SMILES string of the molecule is C(=NC1CCCCC1)=NC1CCCCC1.CC(C)N=C=NC(C)C. The Hall–Kier alpha value is -1.24. The maximum absolute atomic E-state index is 4.46. The van der Waals surface area contributed by atoms with Crippen molar-refractivity contribution in [3.05, 3.63) is 0 Å². The van der Waals surface area contributed by atoms with Gasteiger partial charge in [-0.3, -0.25) is 0 Å². The molecule has 4 nitrogen and oxygen atoms in total. The van der Waals surface area contributed by atoms with Gasteiger partial charge in [0.25, 0.3) is 0 Å². The van der Waals surface area contributed by atoms with Crippen LogP contribution in [0.25, 0.3) is 0 Å². The number of hydrogen-bond donors (Lipinski definition) is 0. The highest BCUT2D eigenvalue weighted by Crippen LogP contribution is 2.21. The lowest BCUT2D eigenvalue weighted by atomic mass is 9.96. The van der Waals surface area contributed by atoms with Crippen LogP contribution in [0.15, 0.2) is 20.0 Å². The minimum Gasteiger partial charge on any atom is -0.223 e. The molecule has 0 unspecified atom stereocenters. The van der Waals surface area contributed by atoms with E-state index in [1.165, 1.54) is 64.2 Å².